The molecule has 0 bridgehead atoms. The van der Waals surface area contributed by atoms with Crippen LogP contribution in [0.2, 0.25) is 0 Å². The molecule has 6 nitrogen and oxygen atoms in total. The van der Waals surface area contributed by atoms with Gasteiger partial charge in [0.15, 0.2) is 0 Å². The lowest BCUT2D eigenvalue weighted by molar-refractivity contribution is -0.133. The van der Waals surface area contributed by atoms with Crippen molar-refractivity contribution in [2.75, 3.05) is 13.1 Å². The minimum absolute atomic E-state index is 0.0671. The fourth-order valence-corrected chi connectivity index (χ4v) is 1.94. The number of hydrogen-bond donors (Lipinski definition) is 1. The highest BCUT2D eigenvalue weighted by Crippen LogP contribution is 2.18. The van der Waals surface area contributed by atoms with Gasteiger partial charge in [-0.05, 0) is 18.3 Å². The highest BCUT2D eigenvalue weighted by molar-refractivity contribution is 7.80. The first-order chi connectivity index (χ1) is 9.13. The molecule has 0 saturated carbocycles. The molecule has 0 radical (unpaired) electrons. The molecule has 1 N–H and O–H groups in total. The normalized spacial score (nSPS) is 20.9. The van der Waals surface area contributed by atoms with E-state index in [4.69, 9.17) is 12.2 Å². The van der Waals surface area contributed by atoms with Gasteiger partial charge in [-0.1, -0.05) is 12.2 Å². The van der Waals surface area contributed by atoms with Gasteiger partial charge in [0.1, 0.15) is 18.3 Å². The van der Waals surface area contributed by atoms with Crippen LogP contribution in [0, 0.1) is 5.92 Å². The minimum atomic E-state index is -0.552. The summed E-state index contributed by atoms with van der Waals surface area (Å²) in [5, 5.41) is 2.65. The first kappa shape index (κ1) is 13.3. The maximum atomic E-state index is 12.2. The Kier molecular flexibility index (Phi) is 3.96. The second kappa shape index (κ2) is 5.66. The summed E-state index contributed by atoms with van der Waals surface area (Å²) in [7, 11) is 0. The van der Waals surface area contributed by atoms with E-state index in [1.165, 1.54) is 4.90 Å². The molecule has 2 heterocycles. The number of fused-ring (bicyclic) bond motifs is 1. The molecule has 0 aliphatic carbocycles. The largest absolute Gasteiger partial charge is 0.351 e. The third-order valence-corrected chi connectivity index (χ3v) is 2.90. The van der Waals surface area contributed by atoms with Gasteiger partial charge >= 0.3 is 0 Å². The SMILES string of the molecule is C=CCNC(=O)CN1C(=O)C2C=CC=NC2=NC1=S. The van der Waals surface area contributed by atoms with Crippen LogP contribution in [-0.4, -0.2) is 47.0 Å². The van der Waals surface area contributed by atoms with Crippen molar-refractivity contribution in [3.63, 3.8) is 0 Å². The molecule has 2 rings (SSSR count). The van der Waals surface area contributed by atoms with Crippen molar-refractivity contribution in [2.24, 2.45) is 15.9 Å². The molecule has 1 unspecified atom stereocenters. The topological polar surface area (TPSA) is 74.1 Å². The molecular weight excluding hydrogens is 264 g/mol. The Hall–Kier alpha value is -2.15. The Balaban J connectivity index is 2.12. The van der Waals surface area contributed by atoms with E-state index in [1.807, 2.05) is 0 Å². The first-order valence-electron chi connectivity index (χ1n) is 5.66. The Morgan fingerprint density at radius 1 is 1.63 bits per heavy atom. The number of hydrogen-bond acceptors (Lipinski definition) is 4. The van der Waals surface area contributed by atoms with Gasteiger partial charge in [-0.15, -0.1) is 6.58 Å². The monoisotopic (exact) mass is 276 g/mol. The van der Waals surface area contributed by atoms with E-state index in [2.05, 4.69) is 21.9 Å². The molecule has 0 spiro atoms. The van der Waals surface area contributed by atoms with Crippen molar-refractivity contribution in [1.82, 2.24) is 10.2 Å². The molecule has 2 aliphatic heterocycles. The first-order valence-corrected chi connectivity index (χ1v) is 6.06. The number of thiocarbonyl (C=S) groups is 1. The van der Waals surface area contributed by atoms with Gasteiger partial charge in [0.2, 0.25) is 16.9 Å². The molecule has 0 aromatic heterocycles. The predicted molar refractivity (Wildman–Crippen MR) is 76.1 cm³/mol. The fourth-order valence-electron chi connectivity index (χ4n) is 1.69. The van der Waals surface area contributed by atoms with Gasteiger partial charge in [0.25, 0.3) is 0 Å². The van der Waals surface area contributed by atoms with Crippen LogP contribution >= 0.6 is 12.2 Å². The summed E-state index contributed by atoms with van der Waals surface area (Å²) in [6.45, 7) is 3.70. The van der Waals surface area contributed by atoms with Gasteiger partial charge in [-0.25, -0.2) is 9.98 Å². The zero-order valence-electron chi connectivity index (χ0n) is 10.1. The van der Waals surface area contributed by atoms with Gasteiger partial charge in [-0.3, -0.25) is 14.5 Å². The second-order valence-electron chi connectivity index (χ2n) is 3.91. The van der Waals surface area contributed by atoms with Crippen molar-refractivity contribution in [2.45, 2.75) is 0 Å². The third-order valence-electron chi connectivity index (χ3n) is 2.59. The highest BCUT2D eigenvalue weighted by atomic mass is 32.1. The number of aliphatic imine (C=N–C) groups is 2. The average molecular weight is 276 g/mol. The zero-order chi connectivity index (χ0) is 13.8. The summed E-state index contributed by atoms with van der Waals surface area (Å²) in [6, 6.07) is 0. The number of dihydropyridines is 1. The van der Waals surface area contributed by atoms with Gasteiger partial charge < -0.3 is 5.32 Å². The molecule has 7 heteroatoms. The lowest BCUT2D eigenvalue weighted by Crippen LogP contribution is -2.50. The van der Waals surface area contributed by atoms with Crippen LogP contribution in [0.25, 0.3) is 0 Å². The third kappa shape index (κ3) is 2.82. The van der Waals surface area contributed by atoms with E-state index in [9.17, 15) is 9.59 Å². The average Bonchev–Trinajstić information content (AvgIpc) is 2.41. The van der Waals surface area contributed by atoms with E-state index in [1.54, 1.807) is 24.4 Å². The van der Waals surface area contributed by atoms with Gasteiger partial charge in [0.05, 0.1) is 0 Å². The number of amidine groups is 1. The van der Waals surface area contributed by atoms with Crippen LogP contribution in [-0.2, 0) is 9.59 Å². The van der Waals surface area contributed by atoms with Gasteiger partial charge in [0, 0.05) is 12.8 Å². The molecule has 0 saturated heterocycles. The number of nitrogens with one attached hydrogen (secondary N) is 1. The molecule has 2 amide bonds. The summed E-state index contributed by atoms with van der Waals surface area (Å²) < 4.78 is 0. The number of carbonyl (C=O) groups excluding carboxylic acids is 2. The Labute approximate surface area is 115 Å². The molecule has 0 aromatic carbocycles. The minimum Gasteiger partial charge on any atom is -0.351 e. The molecule has 19 heavy (non-hydrogen) atoms. The zero-order valence-corrected chi connectivity index (χ0v) is 10.9. The standard InChI is InChI=1S/C12H12N4O2S/c1-2-5-13-9(17)7-16-11(18)8-4-3-6-14-10(8)15-12(16)19/h2-4,6,8H,1,5,7H2,(H,13,17). The Morgan fingerprint density at radius 2 is 2.42 bits per heavy atom. The van der Waals surface area contributed by atoms with Crippen molar-refractivity contribution in [3.8, 4) is 0 Å². The smallest absolute Gasteiger partial charge is 0.243 e. The number of allylic oxidation sites excluding steroid dienone is 1. The molecule has 2 aliphatic rings. The van der Waals surface area contributed by atoms with Crippen LogP contribution in [0.15, 0.2) is 34.8 Å². The summed E-state index contributed by atoms with van der Waals surface area (Å²) in [4.78, 5) is 33.1. The Bertz CT molecular complexity index is 536. The van der Waals surface area contributed by atoms with Crippen molar-refractivity contribution < 1.29 is 9.59 Å². The lowest BCUT2D eigenvalue weighted by Gasteiger charge is -2.28. The van der Waals surface area contributed by atoms with E-state index in [0.29, 0.717) is 12.4 Å². The fraction of sp³-hybridized carbons (Fsp3) is 0.250. The van der Waals surface area contributed by atoms with Crippen LogP contribution in [0.4, 0.5) is 0 Å². The van der Waals surface area contributed by atoms with Crippen LogP contribution in [0.5, 0.6) is 0 Å². The number of rotatable bonds is 4. The summed E-state index contributed by atoms with van der Waals surface area (Å²) in [5.74, 6) is -0.765. The molecular formula is C12H12N4O2S. The lowest BCUT2D eigenvalue weighted by atomic mass is 10.0. The van der Waals surface area contributed by atoms with Crippen LogP contribution in [0.3, 0.4) is 0 Å². The van der Waals surface area contributed by atoms with E-state index < -0.39 is 5.92 Å². The molecule has 1 atom stereocenters. The van der Waals surface area contributed by atoms with E-state index in [-0.39, 0.29) is 23.5 Å². The number of nitrogens with zero attached hydrogens (tertiary/aromatic N) is 3. The maximum Gasteiger partial charge on any atom is 0.243 e. The number of carbonyl (C=O) groups is 2. The van der Waals surface area contributed by atoms with Crippen molar-refractivity contribution in [3.05, 3.63) is 24.8 Å². The summed E-state index contributed by atoms with van der Waals surface area (Å²) >= 11 is 5.02. The molecule has 0 aromatic rings. The van der Waals surface area contributed by atoms with Crippen molar-refractivity contribution in [1.29, 1.82) is 0 Å². The quantitative estimate of drug-likeness (QED) is 0.583. The summed E-state index contributed by atoms with van der Waals surface area (Å²) in [5.41, 5.74) is 0. The number of amides is 2. The Morgan fingerprint density at radius 3 is 3.16 bits per heavy atom. The van der Waals surface area contributed by atoms with Crippen LogP contribution in [0.1, 0.15) is 0 Å². The molecule has 98 valence electrons. The van der Waals surface area contributed by atoms with E-state index >= 15 is 0 Å². The van der Waals surface area contributed by atoms with Gasteiger partial charge in [-0.2, -0.15) is 0 Å². The van der Waals surface area contributed by atoms with E-state index in [0.717, 1.165) is 0 Å². The highest BCUT2D eigenvalue weighted by Gasteiger charge is 2.35. The maximum absolute atomic E-state index is 12.2. The summed E-state index contributed by atoms with van der Waals surface area (Å²) in [6.07, 6.45) is 6.47. The van der Waals surface area contributed by atoms with Crippen LogP contribution < -0.4 is 5.32 Å². The molecule has 0 fully saturated rings. The predicted octanol–water partition coefficient (Wildman–Crippen LogP) is 0.0710. The van der Waals surface area contributed by atoms with Crippen molar-refractivity contribution >= 4 is 41.2 Å². The second-order valence-corrected chi connectivity index (χ2v) is 4.28.